The molecule has 0 unspecified atom stereocenters. The van der Waals surface area contributed by atoms with Crippen molar-refractivity contribution in [1.82, 2.24) is 0 Å². The number of furan rings is 1. The predicted octanol–water partition coefficient (Wildman–Crippen LogP) is 4.06. The summed E-state index contributed by atoms with van der Waals surface area (Å²) < 4.78 is 6.00. The summed E-state index contributed by atoms with van der Waals surface area (Å²) >= 11 is 6.81. The van der Waals surface area contributed by atoms with Crippen molar-refractivity contribution in [2.24, 2.45) is 0 Å². The van der Waals surface area contributed by atoms with Gasteiger partial charge in [0.25, 0.3) is 0 Å². The number of hydrogen-bond acceptors (Lipinski definition) is 3. The van der Waals surface area contributed by atoms with E-state index < -0.39 is 0 Å². The molecule has 0 saturated heterocycles. The molecule has 2 rings (SSSR count). The molecule has 1 nitrogen and oxygen atoms in total. The first-order valence-electron chi connectivity index (χ1n) is 4.58. The third kappa shape index (κ3) is 2.70. The number of thioether (sulfide) groups is 1. The first-order chi connectivity index (χ1) is 7.25. The fourth-order valence-corrected chi connectivity index (χ4v) is 2.27. The molecule has 0 aliphatic rings. The normalized spacial score (nSPS) is 10.2. The van der Waals surface area contributed by atoms with Crippen LogP contribution in [0, 0.1) is 6.92 Å². The number of thiocarbonyl (C=S) groups is 1. The molecule has 0 spiro atoms. The summed E-state index contributed by atoms with van der Waals surface area (Å²) in [5.74, 6) is 0.760. The zero-order chi connectivity index (χ0) is 10.7. The summed E-state index contributed by atoms with van der Waals surface area (Å²) in [7, 11) is 0. The standard InChI is InChI=1S/C12H10OS2/c1-9-4-6-10(7-5-9)15-12(14)11-3-2-8-13-11/h2-8H,1H3. The highest BCUT2D eigenvalue weighted by Crippen LogP contribution is 2.24. The van der Waals surface area contributed by atoms with Crippen molar-refractivity contribution in [2.45, 2.75) is 11.8 Å². The summed E-state index contributed by atoms with van der Waals surface area (Å²) in [6, 6.07) is 12.0. The minimum atomic E-state index is 0.760. The molecule has 0 saturated carbocycles. The zero-order valence-corrected chi connectivity index (χ0v) is 9.90. The maximum atomic E-state index is 5.26. The van der Waals surface area contributed by atoms with Crippen LogP contribution in [-0.2, 0) is 0 Å². The van der Waals surface area contributed by atoms with Gasteiger partial charge in [-0.25, -0.2) is 0 Å². The minimum absolute atomic E-state index is 0.760. The van der Waals surface area contributed by atoms with E-state index in [9.17, 15) is 0 Å². The van der Waals surface area contributed by atoms with Crippen LogP contribution in [-0.4, -0.2) is 4.20 Å². The van der Waals surface area contributed by atoms with E-state index in [4.69, 9.17) is 16.6 Å². The summed E-state index contributed by atoms with van der Waals surface area (Å²) in [6.07, 6.45) is 1.64. The zero-order valence-electron chi connectivity index (χ0n) is 8.27. The van der Waals surface area contributed by atoms with Crippen LogP contribution in [0.1, 0.15) is 11.3 Å². The molecular weight excluding hydrogens is 224 g/mol. The lowest BCUT2D eigenvalue weighted by Crippen LogP contribution is -1.87. The molecule has 1 aromatic heterocycles. The lowest BCUT2D eigenvalue weighted by molar-refractivity contribution is 0.561. The lowest BCUT2D eigenvalue weighted by atomic mass is 10.2. The van der Waals surface area contributed by atoms with Gasteiger partial charge in [0.15, 0.2) is 5.76 Å². The molecular formula is C12H10OS2. The molecule has 0 atom stereocenters. The largest absolute Gasteiger partial charge is 0.463 e. The van der Waals surface area contributed by atoms with E-state index in [0.29, 0.717) is 0 Å². The van der Waals surface area contributed by atoms with Gasteiger partial charge in [-0.2, -0.15) is 0 Å². The van der Waals surface area contributed by atoms with Crippen molar-refractivity contribution in [3.8, 4) is 0 Å². The molecule has 2 aromatic rings. The van der Waals surface area contributed by atoms with Gasteiger partial charge in [-0.15, -0.1) is 0 Å². The Morgan fingerprint density at radius 1 is 1.20 bits per heavy atom. The molecule has 1 heterocycles. The Kier molecular flexibility index (Phi) is 3.23. The van der Waals surface area contributed by atoms with Crippen LogP contribution in [0.15, 0.2) is 52.0 Å². The Morgan fingerprint density at radius 2 is 1.93 bits per heavy atom. The van der Waals surface area contributed by atoms with Crippen LogP contribution < -0.4 is 0 Å². The smallest absolute Gasteiger partial charge is 0.151 e. The number of hydrogen-bond donors (Lipinski definition) is 0. The Bertz CT molecular complexity index is 443. The van der Waals surface area contributed by atoms with Gasteiger partial charge in [-0.1, -0.05) is 41.7 Å². The topological polar surface area (TPSA) is 13.1 Å². The third-order valence-electron chi connectivity index (χ3n) is 1.95. The molecule has 0 fully saturated rings. The van der Waals surface area contributed by atoms with Crippen LogP contribution >= 0.6 is 24.0 Å². The Hall–Kier alpha value is -1.06. The second-order valence-electron chi connectivity index (χ2n) is 3.18. The Labute approximate surface area is 98.5 Å². The van der Waals surface area contributed by atoms with E-state index in [-0.39, 0.29) is 0 Å². The van der Waals surface area contributed by atoms with E-state index >= 15 is 0 Å². The average Bonchev–Trinajstić information content (AvgIpc) is 2.74. The summed E-state index contributed by atoms with van der Waals surface area (Å²) in [5, 5.41) is 0. The van der Waals surface area contributed by atoms with Gasteiger partial charge in [0.05, 0.1) is 6.26 Å². The molecule has 0 bridgehead atoms. The predicted molar refractivity (Wildman–Crippen MR) is 67.4 cm³/mol. The van der Waals surface area contributed by atoms with Crippen molar-refractivity contribution >= 4 is 28.2 Å². The van der Waals surface area contributed by atoms with Crippen LogP contribution in [0.5, 0.6) is 0 Å². The monoisotopic (exact) mass is 234 g/mol. The van der Waals surface area contributed by atoms with Gasteiger partial charge in [0.1, 0.15) is 4.20 Å². The third-order valence-corrected chi connectivity index (χ3v) is 3.30. The first-order valence-corrected chi connectivity index (χ1v) is 5.80. The average molecular weight is 234 g/mol. The van der Waals surface area contributed by atoms with Crippen LogP contribution in [0.4, 0.5) is 0 Å². The van der Waals surface area contributed by atoms with Crippen molar-refractivity contribution in [3.63, 3.8) is 0 Å². The quantitative estimate of drug-likeness (QED) is 0.574. The SMILES string of the molecule is Cc1ccc(SC(=S)c2ccco2)cc1. The molecule has 0 radical (unpaired) electrons. The number of aryl methyl sites for hydroxylation is 1. The maximum Gasteiger partial charge on any atom is 0.151 e. The van der Waals surface area contributed by atoms with E-state index in [1.807, 2.05) is 12.1 Å². The number of rotatable bonds is 2. The second kappa shape index (κ2) is 4.64. The van der Waals surface area contributed by atoms with Crippen molar-refractivity contribution in [3.05, 3.63) is 54.0 Å². The van der Waals surface area contributed by atoms with Gasteiger partial charge >= 0.3 is 0 Å². The molecule has 3 heteroatoms. The first kappa shape index (κ1) is 10.5. The number of benzene rings is 1. The van der Waals surface area contributed by atoms with Gasteiger partial charge < -0.3 is 4.42 Å². The van der Waals surface area contributed by atoms with Gasteiger partial charge in [-0.05, 0) is 31.2 Å². The van der Waals surface area contributed by atoms with Crippen LogP contribution in [0.3, 0.4) is 0 Å². The highest BCUT2D eigenvalue weighted by Gasteiger charge is 2.05. The molecule has 76 valence electrons. The van der Waals surface area contributed by atoms with E-state index in [1.54, 1.807) is 18.0 Å². The maximum absolute atomic E-state index is 5.26. The molecule has 1 aromatic carbocycles. The van der Waals surface area contributed by atoms with Gasteiger partial charge in [-0.3, -0.25) is 0 Å². The minimum Gasteiger partial charge on any atom is -0.463 e. The summed E-state index contributed by atoms with van der Waals surface area (Å²) in [6.45, 7) is 2.07. The Morgan fingerprint density at radius 3 is 2.53 bits per heavy atom. The van der Waals surface area contributed by atoms with Gasteiger partial charge in [0.2, 0.25) is 0 Å². The van der Waals surface area contributed by atoms with Gasteiger partial charge in [0, 0.05) is 4.90 Å². The summed E-state index contributed by atoms with van der Waals surface area (Å²) in [5.41, 5.74) is 1.25. The molecule has 15 heavy (non-hydrogen) atoms. The molecule has 0 amide bonds. The van der Waals surface area contributed by atoms with E-state index in [2.05, 4.69) is 31.2 Å². The molecule has 0 aliphatic heterocycles. The second-order valence-corrected chi connectivity index (χ2v) is 4.93. The van der Waals surface area contributed by atoms with Crippen LogP contribution in [0.25, 0.3) is 0 Å². The highest BCUT2D eigenvalue weighted by atomic mass is 32.2. The lowest BCUT2D eigenvalue weighted by Gasteiger charge is -2.00. The molecule has 0 N–H and O–H groups in total. The molecule has 0 aliphatic carbocycles. The highest BCUT2D eigenvalue weighted by molar-refractivity contribution is 8.23. The van der Waals surface area contributed by atoms with Crippen molar-refractivity contribution in [1.29, 1.82) is 0 Å². The fourth-order valence-electron chi connectivity index (χ4n) is 1.16. The van der Waals surface area contributed by atoms with Crippen LogP contribution in [0.2, 0.25) is 0 Å². The van der Waals surface area contributed by atoms with E-state index in [1.165, 1.54) is 5.56 Å². The fraction of sp³-hybridized carbons (Fsp3) is 0.0833. The Balaban J connectivity index is 2.09. The van der Waals surface area contributed by atoms with Crippen molar-refractivity contribution in [2.75, 3.05) is 0 Å². The van der Waals surface area contributed by atoms with E-state index in [0.717, 1.165) is 14.9 Å². The summed E-state index contributed by atoms with van der Waals surface area (Å²) in [4.78, 5) is 1.14. The van der Waals surface area contributed by atoms with Crippen molar-refractivity contribution < 1.29 is 4.42 Å².